The predicted molar refractivity (Wildman–Crippen MR) is 84.3 cm³/mol. The van der Waals surface area contributed by atoms with Crippen LogP contribution in [0.15, 0.2) is 30.9 Å². The molecule has 0 spiro atoms. The maximum absolute atomic E-state index is 11.9. The van der Waals surface area contributed by atoms with Gasteiger partial charge in [-0.05, 0) is 31.5 Å². The molecule has 22 heavy (non-hydrogen) atoms. The van der Waals surface area contributed by atoms with Crippen LogP contribution < -0.4 is 10.1 Å². The molecule has 0 radical (unpaired) electrons. The molecule has 1 N–H and O–H groups in total. The summed E-state index contributed by atoms with van der Waals surface area (Å²) < 4.78 is 7.04. The summed E-state index contributed by atoms with van der Waals surface area (Å²) in [6.45, 7) is 2.70. The predicted octanol–water partition coefficient (Wildman–Crippen LogP) is 2.73. The topological polar surface area (TPSA) is 69.0 Å². The molecule has 0 saturated carbocycles. The fourth-order valence-corrected chi connectivity index (χ4v) is 2.21. The zero-order valence-corrected chi connectivity index (χ0v) is 13.5. The van der Waals surface area contributed by atoms with E-state index < -0.39 is 6.04 Å². The number of carbonyl (C=O) groups is 1. The quantitative estimate of drug-likeness (QED) is 0.785. The van der Waals surface area contributed by atoms with Crippen molar-refractivity contribution in [2.24, 2.45) is 0 Å². The fraction of sp³-hybridized carbons (Fsp3) is 0.357. The van der Waals surface area contributed by atoms with Gasteiger partial charge in [0.2, 0.25) is 5.91 Å². The molecule has 118 valence electrons. The van der Waals surface area contributed by atoms with Gasteiger partial charge in [-0.1, -0.05) is 23.2 Å². The molecule has 1 aromatic heterocycles. The number of aromatic nitrogens is 3. The number of nitrogens with zero attached hydrogens (tertiary/aromatic N) is 3. The first-order chi connectivity index (χ1) is 10.6. The van der Waals surface area contributed by atoms with Gasteiger partial charge in [-0.25, -0.2) is 9.67 Å². The largest absolute Gasteiger partial charge is 0.492 e. The van der Waals surface area contributed by atoms with Crippen molar-refractivity contribution in [3.05, 3.63) is 40.9 Å². The second-order valence-electron chi connectivity index (χ2n) is 4.62. The molecule has 0 aliphatic carbocycles. The van der Waals surface area contributed by atoms with Crippen molar-refractivity contribution in [1.82, 2.24) is 20.1 Å². The Bertz CT molecular complexity index is 619. The third kappa shape index (κ3) is 4.61. The number of benzene rings is 1. The summed E-state index contributed by atoms with van der Waals surface area (Å²) in [6.07, 6.45) is 3.57. The van der Waals surface area contributed by atoms with E-state index in [1.807, 2.05) is 0 Å². The van der Waals surface area contributed by atoms with Gasteiger partial charge in [0.15, 0.2) is 0 Å². The molecule has 0 aliphatic heterocycles. The number of rotatable bonds is 7. The monoisotopic (exact) mass is 342 g/mol. The molecule has 2 rings (SSSR count). The number of ether oxygens (including phenoxy) is 1. The highest BCUT2D eigenvalue weighted by molar-refractivity contribution is 6.35. The molecular formula is C14H16Cl2N4O2. The lowest BCUT2D eigenvalue weighted by atomic mass is 10.3. The SMILES string of the molecule is CC(C(=O)NCCCOc1ccc(Cl)cc1Cl)n1cncn1. The Hall–Kier alpha value is -1.79. The third-order valence-corrected chi connectivity index (χ3v) is 3.52. The molecule has 8 heteroatoms. The molecule has 1 heterocycles. The van der Waals surface area contributed by atoms with E-state index in [0.717, 1.165) is 0 Å². The lowest BCUT2D eigenvalue weighted by molar-refractivity contribution is -0.124. The van der Waals surface area contributed by atoms with Crippen molar-refractivity contribution >= 4 is 29.1 Å². The Morgan fingerprint density at radius 1 is 1.45 bits per heavy atom. The van der Waals surface area contributed by atoms with Gasteiger partial charge in [-0.15, -0.1) is 0 Å². The zero-order valence-electron chi connectivity index (χ0n) is 12.0. The first-order valence-electron chi connectivity index (χ1n) is 6.77. The van der Waals surface area contributed by atoms with Gasteiger partial charge in [0.1, 0.15) is 24.4 Å². The van der Waals surface area contributed by atoms with Crippen LogP contribution in [0.3, 0.4) is 0 Å². The molecule has 6 nitrogen and oxygen atoms in total. The summed E-state index contributed by atoms with van der Waals surface area (Å²) in [5.41, 5.74) is 0. The number of hydrogen-bond donors (Lipinski definition) is 1. The lowest BCUT2D eigenvalue weighted by Crippen LogP contribution is -2.32. The van der Waals surface area contributed by atoms with E-state index in [1.165, 1.54) is 17.3 Å². The van der Waals surface area contributed by atoms with Crippen LogP contribution in [0.5, 0.6) is 5.75 Å². The van der Waals surface area contributed by atoms with Crippen molar-refractivity contribution in [3.8, 4) is 5.75 Å². The van der Waals surface area contributed by atoms with Crippen LogP contribution in [0.25, 0.3) is 0 Å². The van der Waals surface area contributed by atoms with Gasteiger partial charge in [0, 0.05) is 11.6 Å². The van der Waals surface area contributed by atoms with Crippen molar-refractivity contribution in [3.63, 3.8) is 0 Å². The van der Waals surface area contributed by atoms with Gasteiger partial charge in [0.05, 0.1) is 11.6 Å². The van der Waals surface area contributed by atoms with E-state index in [-0.39, 0.29) is 5.91 Å². The number of nitrogens with one attached hydrogen (secondary N) is 1. The highest BCUT2D eigenvalue weighted by atomic mass is 35.5. The summed E-state index contributed by atoms with van der Waals surface area (Å²) in [4.78, 5) is 15.7. The first-order valence-corrected chi connectivity index (χ1v) is 7.53. The molecule has 1 amide bonds. The molecule has 1 atom stereocenters. The summed E-state index contributed by atoms with van der Waals surface area (Å²) in [5.74, 6) is 0.461. The van der Waals surface area contributed by atoms with Gasteiger partial charge in [-0.3, -0.25) is 4.79 Å². The van der Waals surface area contributed by atoms with Crippen molar-refractivity contribution < 1.29 is 9.53 Å². The molecule has 0 aliphatic rings. The zero-order chi connectivity index (χ0) is 15.9. The van der Waals surface area contributed by atoms with Crippen molar-refractivity contribution in [1.29, 1.82) is 0 Å². The standard InChI is InChI=1S/C14H16Cl2N4O2/c1-10(20-9-17-8-19-20)14(21)18-5-2-6-22-13-4-3-11(15)7-12(13)16/h3-4,7-10H,2,5-6H2,1H3,(H,18,21). The average molecular weight is 343 g/mol. The van der Waals surface area contributed by atoms with Crippen molar-refractivity contribution in [2.75, 3.05) is 13.2 Å². The van der Waals surface area contributed by atoms with Crippen LogP contribution in [0.1, 0.15) is 19.4 Å². The molecule has 0 bridgehead atoms. The van der Waals surface area contributed by atoms with Crippen LogP contribution in [-0.2, 0) is 4.79 Å². The van der Waals surface area contributed by atoms with Crippen LogP contribution in [0, 0.1) is 0 Å². The number of carbonyl (C=O) groups excluding carboxylic acids is 1. The lowest BCUT2D eigenvalue weighted by Gasteiger charge is -2.12. The van der Waals surface area contributed by atoms with E-state index in [1.54, 1.807) is 25.1 Å². The second-order valence-corrected chi connectivity index (χ2v) is 5.46. The minimum absolute atomic E-state index is 0.116. The highest BCUT2D eigenvalue weighted by Crippen LogP contribution is 2.27. The third-order valence-electron chi connectivity index (χ3n) is 2.98. The van der Waals surface area contributed by atoms with Crippen LogP contribution in [-0.4, -0.2) is 33.8 Å². The fourth-order valence-electron chi connectivity index (χ4n) is 1.74. The summed E-state index contributed by atoms with van der Waals surface area (Å²) >= 11 is 11.8. The second kappa shape index (κ2) is 8.00. The Labute approximate surface area is 138 Å². The highest BCUT2D eigenvalue weighted by Gasteiger charge is 2.14. The van der Waals surface area contributed by atoms with Crippen LogP contribution in [0.4, 0.5) is 0 Å². The van der Waals surface area contributed by atoms with E-state index in [4.69, 9.17) is 27.9 Å². The summed E-state index contributed by atoms with van der Waals surface area (Å²) in [7, 11) is 0. The maximum atomic E-state index is 11.9. The van der Waals surface area contributed by atoms with Gasteiger partial charge < -0.3 is 10.1 Å². The Morgan fingerprint density at radius 2 is 2.27 bits per heavy atom. The molecule has 1 aromatic carbocycles. The summed E-state index contributed by atoms with van der Waals surface area (Å²) in [5, 5.41) is 7.78. The van der Waals surface area contributed by atoms with E-state index in [9.17, 15) is 4.79 Å². The molecule has 2 aromatic rings. The van der Waals surface area contributed by atoms with Crippen LogP contribution in [0.2, 0.25) is 10.0 Å². The Kier molecular flexibility index (Phi) is 6.03. The number of amides is 1. The minimum atomic E-state index is -0.394. The van der Waals surface area contributed by atoms with Crippen LogP contribution >= 0.6 is 23.2 Å². The van der Waals surface area contributed by atoms with Crippen molar-refractivity contribution in [2.45, 2.75) is 19.4 Å². The Balaban J connectivity index is 1.68. The number of halogens is 2. The summed E-state index contributed by atoms with van der Waals surface area (Å²) in [6, 6.07) is 4.66. The normalized spacial score (nSPS) is 12.0. The van der Waals surface area contributed by atoms with E-state index >= 15 is 0 Å². The van der Waals surface area contributed by atoms with E-state index in [2.05, 4.69) is 15.4 Å². The molecule has 0 fully saturated rings. The first kappa shape index (κ1) is 16.6. The van der Waals surface area contributed by atoms with Gasteiger partial charge in [0.25, 0.3) is 0 Å². The average Bonchev–Trinajstić information content (AvgIpc) is 3.02. The maximum Gasteiger partial charge on any atom is 0.244 e. The molecule has 1 unspecified atom stereocenters. The van der Waals surface area contributed by atoms with Gasteiger partial charge in [-0.2, -0.15) is 5.10 Å². The minimum Gasteiger partial charge on any atom is -0.492 e. The van der Waals surface area contributed by atoms with Gasteiger partial charge >= 0.3 is 0 Å². The molecular weight excluding hydrogens is 327 g/mol. The number of hydrogen-bond acceptors (Lipinski definition) is 4. The smallest absolute Gasteiger partial charge is 0.244 e. The van der Waals surface area contributed by atoms with E-state index in [0.29, 0.717) is 35.4 Å². The molecule has 0 saturated heterocycles. The Morgan fingerprint density at radius 3 is 2.95 bits per heavy atom.